The van der Waals surface area contributed by atoms with E-state index in [1.54, 1.807) is 0 Å². The second-order valence-electron chi connectivity index (χ2n) is 6.30. The number of rotatable bonds is 6. The zero-order valence-corrected chi connectivity index (χ0v) is 13.9. The molecule has 0 saturated carbocycles. The Morgan fingerprint density at radius 2 is 2.00 bits per heavy atom. The second-order valence-corrected chi connectivity index (χ2v) is 6.30. The van der Waals surface area contributed by atoms with Gasteiger partial charge in [-0.05, 0) is 39.3 Å². The third-order valence-electron chi connectivity index (χ3n) is 4.37. The van der Waals surface area contributed by atoms with E-state index in [1.807, 2.05) is 0 Å². The Kier molecular flexibility index (Phi) is 6.22. The van der Waals surface area contributed by atoms with Gasteiger partial charge in [0, 0.05) is 25.2 Å². The number of nitrogens with zero attached hydrogens (tertiary/aromatic N) is 1. The van der Waals surface area contributed by atoms with Crippen LogP contribution in [-0.2, 0) is 4.74 Å². The second kappa shape index (κ2) is 7.92. The first-order valence-electron chi connectivity index (χ1n) is 8.25. The average molecular weight is 290 g/mol. The normalized spacial score (nSPS) is 25.0. The molecular weight excluding hydrogens is 260 g/mol. The van der Waals surface area contributed by atoms with Crippen LogP contribution in [-0.4, -0.2) is 43.3 Å². The molecule has 118 valence electrons. The highest BCUT2D eigenvalue weighted by Gasteiger charge is 2.24. The summed E-state index contributed by atoms with van der Waals surface area (Å²) >= 11 is 0. The van der Waals surface area contributed by atoms with Crippen molar-refractivity contribution < 1.29 is 4.74 Å². The molecule has 3 nitrogen and oxygen atoms in total. The summed E-state index contributed by atoms with van der Waals surface area (Å²) in [6, 6.07) is 9.91. The molecule has 0 amide bonds. The van der Waals surface area contributed by atoms with Crippen molar-refractivity contribution in [2.24, 2.45) is 0 Å². The van der Waals surface area contributed by atoms with Gasteiger partial charge in [0.15, 0.2) is 0 Å². The van der Waals surface area contributed by atoms with Gasteiger partial charge in [-0.15, -0.1) is 0 Å². The van der Waals surface area contributed by atoms with Gasteiger partial charge in [-0.2, -0.15) is 0 Å². The molecular formula is C18H30N2O. The molecule has 1 heterocycles. The highest BCUT2D eigenvalue weighted by molar-refractivity contribution is 5.24. The first-order chi connectivity index (χ1) is 10.1. The molecule has 3 unspecified atom stereocenters. The van der Waals surface area contributed by atoms with Crippen LogP contribution >= 0.6 is 0 Å². The Bertz CT molecular complexity index is 418. The van der Waals surface area contributed by atoms with Crippen LogP contribution in [0.2, 0.25) is 0 Å². The van der Waals surface area contributed by atoms with Gasteiger partial charge in [0.25, 0.3) is 0 Å². The Morgan fingerprint density at radius 3 is 2.67 bits per heavy atom. The Hall–Kier alpha value is -0.900. The average Bonchev–Trinajstić information content (AvgIpc) is 2.48. The van der Waals surface area contributed by atoms with Gasteiger partial charge in [0.05, 0.1) is 12.7 Å². The van der Waals surface area contributed by atoms with Crippen LogP contribution in [0.1, 0.15) is 44.4 Å². The predicted molar refractivity (Wildman–Crippen MR) is 88.7 cm³/mol. The lowest BCUT2D eigenvalue weighted by atomic mass is 10.0. The van der Waals surface area contributed by atoms with Gasteiger partial charge in [-0.3, -0.25) is 4.90 Å². The van der Waals surface area contributed by atoms with E-state index in [4.69, 9.17) is 4.74 Å². The fourth-order valence-electron chi connectivity index (χ4n) is 3.01. The first kappa shape index (κ1) is 16.5. The SMILES string of the molecule is CCNC(CCN1CC(C)OCC1C)c1ccc(C)cc1. The molecule has 3 atom stereocenters. The topological polar surface area (TPSA) is 24.5 Å². The summed E-state index contributed by atoms with van der Waals surface area (Å²) < 4.78 is 5.72. The van der Waals surface area contributed by atoms with Crippen molar-refractivity contribution in [3.8, 4) is 0 Å². The molecule has 0 spiro atoms. The van der Waals surface area contributed by atoms with E-state index in [9.17, 15) is 0 Å². The van der Waals surface area contributed by atoms with Crippen molar-refractivity contribution in [2.75, 3.05) is 26.2 Å². The van der Waals surface area contributed by atoms with Gasteiger partial charge in [-0.25, -0.2) is 0 Å². The van der Waals surface area contributed by atoms with Crippen LogP contribution in [0, 0.1) is 6.92 Å². The van der Waals surface area contributed by atoms with E-state index in [-0.39, 0.29) is 0 Å². The minimum Gasteiger partial charge on any atom is -0.376 e. The van der Waals surface area contributed by atoms with Crippen LogP contribution in [0.15, 0.2) is 24.3 Å². The molecule has 0 aliphatic carbocycles. The molecule has 1 fully saturated rings. The molecule has 1 saturated heterocycles. The van der Waals surface area contributed by atoms with Gasteiger partial charge >= 0.3 is 0 Å². The van der Waals surface area contributed by atoms with Crippen LogP contribution in [0.25, 0.3) is 0 Å². The maximum Gasteiger partial charge on any atom is 0.0674 e. The van der Waals surface area contributed by atoms with Gasteiger partial charge < -0.3 is 10.1 Å². The van der Waals surface area contributed by atoms with E-state index in [2.05, 4.69) is 62.2 Å². The minimum absolute atomic E-state index is 0.359. The van der Waals surface area contributed by atoms with E-state index in [1.165, 1.54) is 11.1 Å². The van der Waals surface area contributed by atoms with Gasteiger partial charge in [-0.1, -0.05) is 36.8 Å². The molecule has 0 aromatic heterocycles. The zero-order chi connectivity index (χ0) is 15.2. The van der Waals surface area contributed by atoms with Crippen LogP contribution in [0.5, 0.6) is 0 Å². The molecule has 1 N–H and O–H groups in total. The lowest BCUT2D eigenvalue weighted by Crippen LogP contribution is -2.48. The lowest BCUT2D eigenvalue weighted by Gasteiger charge is -2.37. The molecule has 2 rings (SSSR count). The molecule has 1 aliphatic rings. The first-order valence-corrected chi connectivity index (χ1v) is 8.25. The molecule has 0 bridgehead atoms. The molecule has 1 aromatic rings. The maximum absolute atomic E-state index is 5.72. The highest BCUT2D eigenvalue weighted by Crippen LogP contribution is 2.20. The number of hydrogen-bond donors (Lipinski definition) is 1. The third kappa shape index (κ3) is 4.80. The lowest BCUT2D eigenvalue weighted by molar-refractivity contribution is -0.0502. The molecule has 1 aliphatic heterocycles. The maximum atomic E-state index is 5.72. The molecule has 3 heteroatoms. The summed E-state index contributed by atoms with van der Waals surface area (Å²) in [7, 11) is 0. The monoisotopic (exact) mass is 290 g/mol. The van der Waals surface area contributed by atoms with Gasteiger partial charge in [0.1, 0.15) is 0 Å². The van der Waals surface area contributed by atoms with Crippen LogP contribution in [0.4, 0.5) is 0 Å². The Balaban J connectivity index is 1.94. The smallest absolute Gasteiger partial charge is 0.0674 e. The summed E-state index contributed by atoms with van der Waals surface area (Å²) in [6.45, 7) is 12.8. The summed E-state index contributed by atoms with van der Waals surface area (Å²) in [4.78, 5) is 2.56. The van der Waals surface area contributed by atoms with E-state index < -0.39 is 0 Å². The number of ether oxygens (including phenoxy) is 1. The number of aryl methyl sites for hydroxylation is 1. The molecule has 1 aromatic carbocycles. The Morgan fingerprint density at radius 1 is 1.29 bits per heavy atom. The van der Waals surface area contributed by atoms with E-state index >= 15 is 0 Å². The van der Waals surface area contributed by atoms with Crippen molar-refractivity contribution in [2.45, 2.75) is 52.3 Å². The van der Waals surface area contributed by atoms with Gasteiger partial charge in [0.2, 0.25) is 0 Å². The summed E-state index contributed by atoms with van der Waals surface area (Å²) in [6.07, 6.45) is 1.51. The largest absolute Gasteiger partial charge is 0.376 e. The fraction of sp³-hybridized carbons (Fsp3) is 0.667. The zero-order valence-electron chi connectivity index (χ0n) is 13.9. The van der Waals surface area contributed by atoms with Crippen molar-refractivity contribution in [3.63, 3.8) is 0 Å². The number of benzene rings is 1. The van der Waals surface area contributed by atoms with E-state index in [0.717, 1.165) is 32.7 Å². The Labute approximate surface area is 129 Å². The molecule has 0 radical (unpaired) electrons. The number of nitrogens with one attached hydrogen (secondary N) is 1. The van der Waals surface area contributed by atoms with Crippen molar-refractivity contribution >= 4 is 0 Å². The van der Waals surface area contributed by atoms with Crippen LogP contribution < -0.4 is 5.32 Å². The number of hydrogen-bond acceptors (Lipinski definition) is 3. The van der Waals surface area contributed by atoms with Crippen molar-refractivity contribution in [1.29, 1.82) is 0 Å². The summed E-state index contributed by atoms with van der Waals surface area (Å²) in [5.74, 6) is 0. The standard InChI is InChI=1S/C18H30N2O/c1-5-19-18(17-8-6-14(2)7-9-17)10-11-20-12-16(4)21-13-15(20)3/h6-9,15-16,18-19H,5,10-13H2,1-4H3. The van der Waals surface area contributed by atoms with Crippen molar-refractivity contribution in [1.82, 2.24) is 10.2 Å². The minimum atomic E-state index is 0.359. The van der Waals surface area contributed by atoms with Crippen LogP contribution in [0.3, 0.4) is 0 Å². The molecule has 21 heavy (non-hydrogen) atoms. The summed E-state index contributed by atoms with van der Waals surface area (Å²) in [5, 5.41) is 3.63. The summed E-state index contributed by atoms with van der Waals surface area (Å²) in [5.41, 5.74) is 2.72. The third-order valence-corrected chi connectivity index (χ3v) is 4.37. The predicted octanol–water partition coefficient (Wildman–Crippen LogP) is 3.14. The quantitative estimate of drug-likeness (QED) is 0.871. The van der Waals surface area contributed by atoms with E-state index in [0.29, 0.717) is 18.2 Å². The number of morpholine rings is 1. The highest BCUT2D eigenvalue weighted by atomic mass is 16.5. The fourth-order valence-corrected chi connectivity index (χ4v) is 3.01. The van der Waals surface area contributed by atoms with Crippen molar-refractivity contribution in [3.05, 3.63) is 35.4 Å².